The van der Waals surface area contributed by atoms with Crippen LogP contribution < -0.4 is 5.32 Å². The van der Waals surface area contributed by atoms with Gasteiger partial charge in [-0.1, -0.05) is 6.58 Å². The summed E-state index contributed by atoms with van der Waals surface area (Å²) in [6.07, 6.45) is 1.68. The van der Waals surface area contributed by atoms with Gasteiger partial charge in [0, 0.05) is 44.2 Å². The van der Waals surface area contributed by atoms with Gasteiger partial charge in [0.2, 0.25) is 11.8 Å². The largest absolute Gasteiger partial charge is 0.352 e. The zero-order valence-corrected chi connectivity index (χ0v) is 13.0. The number of hydrogen-bond acceptors (Lipinski definition) is 3. The number of aromatic nitrogens is 2. The van der Waals surface area contributed by atoms with Crippen LogP contribution in [0.1, 0.15) is 29.4 Å². The standard InChI is InChI=1S/C15H22N4O2/c1-6-12(20)16-8-11-7-13(21)18(4)15(11)14-9(2)17-19(5)10(14)3/h6,11,15H,1,7-8H2,2-5H3,(H,16,20)/t11-,15+/m1/s1. The van der Waals surface area contributed by atoms with Gasteiger partial charge in [-0.15, -0.1) is 0 Å². The fourth-order valence-corrected chi connectivity index (χ4v) is 3.09. The van der Waals surface area contributed by atoms with Crippen molar-refractivity contribution in [1.29, 1.82) is 0 Å². The first kappa shape index (κ1) is 15.3. The second kappa shape index (κ2) is 5.71. The molecule has 21 heavy (non-hydrogen) atoms. The number of aryl methyl sites for hydroxylation is 2. The molecular weight excluding hydrogens is 268 g/mol. The normalized spacial score (nSPS) is 21.7. The van der Waals surface area contributed by atoms with Crippen molar-refractivity contribution in [1.82, 2.24) is 20.0 Å². The third-order valence-corrected chi connectivity index (χ3v) is 4.28. The molecule has 2 atom stereocenters. The van der Waals surface area contributed by atoms with E-state index in [4.69, 9.17) is 0 Å². The summed E-state index contributed by atoms with van der Waals surface area (Å²) in [5.74, 6) is -0.0658. The number of rotatable bonds is 4. The van der Waals surface area contributed by atoms with E-state index in [0.29, 0.717) is 13.0 Å². The zero-order chi connectivity index (χ0) is 15.7. The van der Waals surface area contributed by atoms with Crippen LogP contribution in [0.3, 0.4) is 0 Å². The first-order valence-corrected chi connectivity index (χ1v) is 7.02. The van der Waals surface area contributed by atoms with Crippen LogP contribution in [0.15, 0.2) is 12.7 Å². The molecule has 1 aromatic rings. The van der Waals surface area contributed by atoms with Crippen LogP contribution in [0.5, 0.6) is 0 Å². The summed E-state index contributed by atoms with van der Waals surface area (Å²) in [5, 5.41) is 7.23. The van der Waals surface area contributed by atoms with Gasteiger partial charge in [0.05, 0.1) is 11.7 Å². The van der Waals surface area contributed by atoms with Gasteiger partial charge in [-0.3, -0.25) is 14.3 Å². The Labute approximate surface area is 124 Å². The molecule has 0 unspecified atom stereocenters. The molecule has 0 bridgehead atoms. The number of hydrogen-bond donors (Lipinski definition) is 1. The number of carbonyl (C=O) groups excluding carboxylic acids is 2. The molecule has 1 aliphatic heterocycles. The third kappa shape index (κ3) is 2.70. The van der Waals surface area contributed by atoms with Crippen molar-refractivity contribution < 1.29 is 9.59 Å². The lowest BCUT2D eigenvalue weighted by molar-refractivity contribution is -0.127. The minimum Gasteiger partial charge on any atom is -0.352 e. The molecule has 6 nitrogen and oxygen atoms in total. The monoisotopic (exact) mass is 290 g/mol. The number of carbonyl (C=O) groups is 2. The van der Waals surface area contributed by atoms with E-state index in [1.54, 1.807) is 4.90 Å². The highest BCUT2D eigenvalue weighted by molar-refractivity contribution is 5.87. The molecule has 6 heteroatoms. The minimum absolute atomic E-state index is 0.0451. The first-order chi connectivity index (χ1) is 9.86. The van der Waals surface area contributed by atoms with E-state index in [1.807, 2.05) is 32.6 Å². The molecule has 1 fully saturated rings. The molecule has 1 aromatic heterocycles. The molecule has 114 valence electrons. The Morgan fingerprint density at radius 2 is 2.14 bits per heavy atom. The van der Waals surface area contributed by atoms with E-state index in [0.717, 1.165) is 17.0 Å². The number of nitrogens with zero attached hydrogens (tertiary/aromatic N) is 3. The third-order valence-electron chi connectivity index (χ3n) is 4.28. The predicted octanol–water partition coefficient (Wildman–Crippen LogP) is 0.859. The fraction of sp³-hybridized carbons (Fsp3) is 0.533. The van der Waals surface area contributed by atoms with Crippen molar-refractivity contribution in [3.05, 3.63) is 29.6 Å². The Morgan fingerprint density at radius 3 is 2.67 bits per heavy atom. The van der Waals surface area contributed by atoms with Crippen molar-refractivity contribution in [3.63, 3.8) is 0 Å². The molecular formula is C15H22N4O2. The number of likely N-dealkylation sites (tertiary alicyclic amines) is 1. The van der Waals surface area contributed by atoms with Gasteiger partial charge < -0.3 is 10.2 Å². The van der Waals surface area contributed by atoms with E-state index < -0.39 is 0 Å². The number of amides is 2. The quantitative estimate of drug-likeness (QED) is 0.836. The maximum atomic E-state index is 12.1. The lowest BCUT2D eigenvalue weighted by Crippen LogP contribution is -2.32. The molecule has 1 aliphatic rings. The summed E-state index contributed by atoms with van der Waals surface area (Å²) >= 11 is 0. The fourth-order valence-electron chi connectivity index (χ4n) is 3.09. The van der Waals surface area contributed by atoms with Gasteiger partial charge in [-0.2, -0.15) is 5.10 Å². The molecule has 2 heterocycles. The van der Waals surface area contributed by atoms with E-state index in [9.17, 15) is 9.59 Å². The van der Waals surface area contributed by atoms with E-state index in [1.165, 1.54) is 6.08 Å². The molecule has 0 aromatic carbocycles. The number of nitrogens with one attached hydrogen (secondary N) is 1. The topological polar surface area (TPSA) is 67.2 Å². The summed E-state index contributed by atoms with van der Waals surface area (Å²) in [6, 6.07) is -0.0451. The Kier molecular flexibility index (Phi) is 4.16. The summed E-state index contributed by atoms with van der Waals surface area (Å²) in [4.78, 5) is 25.2. The maximum absolute atomic E-state index is 12.1. The van der Waals surface area contributed by atoms with E-state index in [2.05, 4.69) is 17.0 Å². The van der Waals surface area contributed by atoms with Gasteiger partial charge >= 0.3 is 0 Å². The molecule has 2 rings (SSSR count). The zero-order valence-electron chi connectivity index (χ0n) is 13.0. The van der Waals surface area contributed by atoms with Crippen LogP contribution >= 0.6 is 0 Å². The lowest BCUT2D eigenvalue weighted by atomic mass is 9.92. The smallest absolute Gasteiger partial charge is 0.243 e. The Hall–Kier alpha value is -2.11. The van der Waals surface area contributed by atoms with Crippen molar-refractivity contribution in [3.8, 4) is 0 Å². The van der Waals surface area contributed by atoms with E-state index in [-0.39, 0.29) is 23.8 Å². The highest BCUT2D eigenvalue weighted by atomic mass is 16.2. The predicted molar refractivity (Wildman–Crippen MR) is 79.5 cm³/mol. The van der Waals surface area contributed by atoms with Crippen molar-refractivity contribution in [2.45, 2.75) is 26.3 Å². The van der Waals surface area contributed by atoms with Crippen LogP contribution in [-0.4, -0.2) is 40.1 Å². The van der Waals surface area contributed by atoms with Crippen LogP contribution in [0.2, 0.25) is 0 Å². The van der Waals surface area contributed by atoms with Gasteiger partial charge in [0.1, 0.15) is 0 Å². The second-order valence-electron chi connectivity index (χ2n) is 5.57. The first-order valence-electron chi connectivity index (χ1n) is 7.02. The summed E-state index contributed by atoms with van der Waals surface area (Å²) in [6.45, 7) is 7.86. The minimum atomic E-state index is -0.213. The maximum Gasteiger partial charge on any atom is 0.243 e. The van der Waals surface area contributed by atoms with Crippen LogP contribution in [0.4, 0.5) is 0 Å². The molecule has 0 aliphatic carbocycles. The van der Waals surface area contributed by atoms with Gasteiger partial charge in [0.25, 0.3) is 0 Å². The SMILES string of the molecule is C=CC(=O)NC[C@H]1CC(=O)N(C)[C@@H]1c1c(C)nn(C)c1C. The van der Waals surface area contributed by atoms with Gasteiger partial charge in [-0.05, 0) is 19.9 Å². The molecule has 0 radical (unpaired) electrons. The highest BCUT2D eigenvalue weighted by Crippen LogP contribution is 2.39. The molecule has 1 N–H and O–H groups in total. The lowest BCUT2D eigenvalue weighted by Gasteiger charge is -2.25. The second-order valence-corrected chi connectivity index (χ2v) is 5.57. The van der Waals surface area contributed by atoms with Crippen molar-refractivity contribution in [2.24, 2.45) is 13.0 Å². The van der Waals surface area contributed by atoms with Crippen LogP contribution in [0, 0.1) is 19.8 Å². The molecule has 1 saturated heterocycles. The molecule has 0 saturated carbocycles. The van der Waals surface area contributed by atoms with Gasteiger partial charge in [0.15, 0.2) is 0 Å². The van der Waals surface area contributed by atoms with E-state index >= 15 is 0 Å². The van der Waals surface area contributed by atoms with Crippen molar-refractivity contribution >= 4 is 11.8 Å². The average molecular weight is 290 g/mol. The summed E-state index contributed by atoms with van der Waals surface area (Å²) in [5.41, 5.74) is 3.07. The molecule has 2 amide bonds. The Balaban J connectivity index is 2.30. The summed E-state index contributed by atoms with van der Waals surface area (Å²) in [7, 11) is 3.71. The van der Waals surface area contributed by atoms with Gasteiger partial charge in [-0.25, -0.2) is 0 Å². The van der Waals surface area contributed by atoms with Crippen molar-refractivity contribution in [2.75, 3.05) is 13.6 Å². The van der Waals surface area contributed by atoms with Crippen LogP contribution in [0.25, 0.3) is 0 Å². The Bertz CT molecular complexity index is 591. The van der Waals surface area contributed by atoms with Crippen LogP contribution in [-0.2, 0) is 16.6 Å². The average Bonchev–Trinajstić information content (AvgIpc) is 2.85. The summed E-state index contributed by atoms with van der Waals surface area (Å²) < 4.78 is 1.83. The molecule has 0 spiro atoms. The Morgan fingerprint density at radius 1 is 1.48 bits per heavy atom. The highest BCUT2D eigenvalue weighted by Gasteiger charge is 2.40.